The topological polar surface area (TPSA) is 26.3 Å². The van der Waals surface area contributed by atoms with Gasteiger partial charge in [0.15, 0.2) is 0 Å². The summed E-state index contributed by atoms with van der Waals surface area (Å²) in [6.45, 7) is 4.44. The number of hydrogen-bond acceptors (Lipinski definition) is 2. The first-order valence-corrected chi connectivity index (χ1v) is 4.50. The summed E-state index contributed by atoms with van der Waals surface area (Å²) in [6.07, 6.45) is 5.15. The highest BCUT2D eigenvalue weighted by Crippen LogP contribution is 2.27. The SMILES string of the molecule is CC(C)=CCOC(=O)C1CCC1. The fourth-order valence-corrected chi connectivity index (χ4v) is 1.05. The predicted molar refractivity (Wildman–Crippen MR) is 47.7 cm³/mol. The third-order valence-corrected chi connectivity index (χ3v) is 2.16. The van der Waals surface area contributed by atoms with Crippen molar-refractivity contribution in [2.75, 3.05) is 6.61 Å². The van der Waals surface area contributed by atoms with E-state index in [1.165, 1.54) is 12.0 Å². The smallest absolute Gasteiger partial charge is 0.309 e. The van der Waals surface area contributed by atoms with Gasteiger partial charge in [0.1, 0.15) is 6.61 Å². The molecule has 12 heavy (non-hydrogen) atoms. The lowest BCUT2D eigenvalue weighted by Crippen LogP contribution is -2.24. The number of carbonyl (C=O) groups excluding carboxylic acids is 1. The second-order valence-electron chi connectivity index (χ2n) is 3.54. The van der Waals surface area contributed by atoms with Crippen molar-refractivity contribution in [3.63, 3.8) is 0 Å². The summed E-state index contributed by atoms with van der Waals surface area (Å²) in [5.74, 6) is 0.189. The molecular formula is C10H16O2. The minimum absolute atomic E-state index is 0.0150. The lowest BCUT2D eigenvalue weighted by molar-refractivity contribution is -0.150. The van der Waals surface area contributed by atoms with Crippen molar-refractivity contribution in [2.24, 2.45) is 5.92 Å². The van der Waals surface area contributed by atoms with E-state index in [1.54, 1.807) is 0 Å². The molecule has 0 aromatic rings. The van der Waals surface area contributed by atoms with Gasteiger partial charge >= 0.3 is 5.97 Å². The van der Waals surface area contributed by atoms with E-state index in [4.69, 9.17) is 4.74 Å². The highest BCUT2D eigenvalue weighted by atomic mass is 16.5. The largest absolute Gasteiger partial charge is 0.461 e. The van der Waals surface area contributed by atoms with E-state index in [9.17, 15) is 4.79 Å². The molecule has 0 spiro atoms. The summed E-state index contributed by atoms with van der Waals surface area (Å²) in [7, 11) is 0. The maximum Gasteiger partial charge on any atom is 0.309 e. The summed E-state index contributed by atoms with van der Waals surface area (Å²) in [5.41, 5.74) is 1.19. The normalized spacial score (nSPS) is 16.5. The quantitative estimate of drug-likeness (QED) is 0.477. The first-order valence-electron chi connectivity index (χ1n) is 4.50. The van der Waals surface area contributed by atoms with Gasteiger partial charge in [0.2, 0.25) is 0 Å². The van der Waals surface area contributed by atoms with E-state index >= 15 is 0 Å². The fourth-order valence-electron chi connectivity index (χ4n) is 1.05. The Kier molecular flexibility index (Phi) is 3.32. The average Bonchev–Trinajstić information content (AvgIpc) is 1.81. The number of ether oxygens (including phenoxy) is 1. The minimum Gasteiger partial charge on any atom is -0.461 e. The Morgan fingerprint density at radius 2 is 2.17 bits per heavy atom. The Morgan fingerprint density at radius 1 is 1.50 bits per heavy atom. The van der Waals surface area contributed by atoms with Crippen LogP contribution in [0.3, 0.4) is 0 Å². The third kappa shape index (κ3) is 2.68. The molecule has 1 rings (SSSR count). The van der Waals surface area contributed by atoms with Crippen LogP contribution in [0.5, 0.6) is 0 Å². The lowest BCUT2D eigenvalue weighted by Gasteiger charge is -2.22. The van der Waals surface area contributed by atoms with E-state index in [-0.39, 0.29) is 11.9 Å². The molecule has 0 unspecified atom stereocenters. The Balaban J connectivity index is 2.14. The first kappa shape index (κ1) is 9.30. The van der Waals surface area contributed by atoms with Gasteiger partial charge in [-0.2, -0.15) is 0 Å². The van der Waals surface area contributed by atoms with Gasteiger partial charge < -0.3 is 4.74 Å². The van der Waals surface area contributed by atoms with E-state index in [0.717, 1.165) is 12.8 Å². The van der Waals surface area contributed by atoms with Gasteiger partial charge in [0, 0.05) is 0 Å². The maximum atomic E-state index is 11.2. The van der Waals surface area contributed by atoms with Crippen molar-refractivity contribution < 1.29 is 9.53 Å². The van der Waals surface area contributed by atoms with Gasteiger partial charge in [-0.1, -0.05) is 12.0 Å². The Labute approximate surface area is 73.6 Å². The van der Waals surface area contributed by atoms with E-state index in [2.05, 4.69) is 0 Å². The van der Waals surface area contributed by atoms with Crippen molar-refractivity contribution >= 4 is 5.97 Å². The van der Waals surface area contributed by atoms with E-state index in [0.29, 0.717) is 6.61 Å². The molecule has 68 valence electrons. The summed E-state index contributed by atoms with van der Waals surface area (Å²) in [6, 6.07) is 0. The lowest BCUT2D eigenvalue weighted by atomic mass is 9.86. The van der Waals surface area contributed by atoms with E-state index in [1.807, 2.05) is 19.9 Å². The molecular weight excluding hydrogens is 152 g/mol. The Bertz CT molecular complexity index is 186. The summed E-state index contributed by atoms with van der Waals surface area (Å²) in [5, 5.41) is 0. The second-order valence-corrected chi connectivity index (χ2v) is 3.54. The highest BCUT2D eigenvalue weighted by molar-refractivity contribution is 5.73. The van der Waals surface area contributed by atoms with Gasteiger partial charge in [-0.05, 0) is 32.8 Å². The molecule has 0 aromatic heterocycles. The van der Waals surface area contributed by atoms with Gasteiger partial charge in [-0.25, -0.2) is 0 Å². The van der Waals surface area contributed by atoms with Crippen molar-refractivity contribution in [3.8, 4) is 0 Å². The van der Waals surface area contributed by atoms with Gasteiger partial charge in [0.05, 0.1) is 5.92 Å². The predicted octanol–water partition coefficient (Wildman–Crippen LogP) is 2.30. The monoisotopic (exact) mass is 168 g/mol. The zero-order valence-electron chi connectivity index (χ0n) is 7.80. The van der Waals surface area contributed by atoms with Crippen molar-refractivity contribution in [1.29, 1.82) is 0 Å². The maximum absolute atomic E-state index is 11.2. The molecule has 0 amide bonds. The molecule has 0 N–H and O–H groups in total. The molecule has 0 saturated heterocycles. The van der Waals surface area contributed by atoms with Crippen LogP contribution in [0.25, 0.3) is 0 Å². The molecule has 1 aliphatic carbocycles. The van der Waals surface area contributed by atoms with Crippen molar-refractivity contribution in [2.45, 2.75) is 33.1 Å². The summed E-state index contributed by atoms with van der Waals surface area (Å²) >= 11 is 0. The molecule has 0 radical (unpaired) electrons. The van der Waals surface area contributed by atoms with Crippen LogP contribution in [0.2, 0.25) is 0 Å². The molecule has 0 aliphatic heterocycles. The third-order valence-electron chi connectivity index (χ3n) is 2.16. The molecule has 0 atom stereocenters. The van der Waals surface area contributed by atoms with Crippen molar-refractivity contribution in [1.82, 2.24) is 0 Å². The Hall–Kier alpha value is -0.790. The molecule has 0 aromatic carbocycles. The number of rotatable bonds is 3. The standard InChI is InChI=1S/C10H16O2/c1-8(2)6-7-12-10(11)9-4-3-5-9/h6,9H,3-5,7H2,1-2H3. The van der Waals surface area contributed by atoms with Crippen LogP contribution in [0.1, 0.15) is 33.1 Å². The highest BCUT2D eigenvalue weighted by Gasteiger charge is 2.26. The van der Waals surface area contributed by atoms with Crippen LogP contribution in [0.4, 0.5) is 0 Å². The summed E-state index contributed by atoms with van der Waals surface area (Å²) < 4.78 is 5.04. The second kappa shape index (κ2) is 4.29. The Morgan fingerprint density at radius 3 is 2.58 bits per heavy atom. The number of hydrogen-bond donors (Lipinski definition) is 0. The van der Waals surface area contributed by atoms with Crippen LogP contribution in [-0.4, -0.2) is 12.6 Å². The van der Waals surface area contributed by atoms with Crippen LogP contribution in [0.15, 0.2) is 11.6 Å². The van der Waals surface area contributed by atoms with Crippen LogP contribution < -0.4 is 0 Å². The summed E-state index contributed by atoms with van der Waals surface area (Å²) in [4.78, 5) is 11.2. The van der Waals surface area contributed by atoms with Gasteiger partial charge in [-0.3, -0.25) is 4.79 Å². The molecule has 2 heteroatoms. The molecule has 0 heterocycles. The van der Waals surface area contributed by atoms with Crippen molar-refractivity contribution in [3.05, 3.63) is 11.6 Å². The molecule has 2 nitrogen and oxygen atoms in total. The fraction of sp³-hybridized carbons (Fsp3) is 0.700. The zero-order valence-corrected chi connectivity index (χ0v) is 7.80. The van der Waals surface area contributed by atoms with Crippen LogP contribution in [-0.2, 0) is 9.53 Å². The van der Waals surface area contributed by atoms with E-state index < -0.39 is 0 Å². The van der Waals surface area contributed by atoms with Crippen LogP contribution in [0, 0.1) is 5.92 Å². The number of allylic oxidation sites excluding steroid dienone is 1. The van der Waals surface area contributed by atoms with Crippen LogP contribution >= 0.6 is 0 Å². The molecule has 1 aliphatic rings. The molecule has 1 saturated carbocycles. The molecule has 0 bridgehead atoms. The van der Waals surface area contributed by atoms with Gasteiger partial charge in [-0.15, -0.1) is 0 Å². The number of carbonyl (C=O) groups is 1. The number of esters is 1. The zero-order chi connectivity index (χ0) is 8.97. The average molecular weight is 168 g/mol. The minimum atomic E-state index is -0.0150. The molecule has 1 fully saturated rings. The van der Waals surface area contributed by atoms with Gasteiger partial charge in [0.25, 0.3) is 0 Å². The first-order chi connectivity index (χ1) is 5.70.